The molecular weight excluding hydrogens is 961 g/mol. The predicted octanol–water partition coefficient (Wildman–Crippen LogP) is 19.4. The van der Waals surface area contributed by atoms with Gasteiger partial charge in [0.05, 0.1) is 56.2 Å². The quantitative estimate of drug-likeness (QED) is 0.147. The first-order chi connectivity index (χ1) is 36.6. The number of alkyl halides is 6. The van der Waals surface area contributed by atoms with Crippen LogP contribution in [0.2, 0.25) is 0 Å². The van der Waals surface area contributed by atoms with Crippen molar-refractivity contribution in [2.24, 2.45) is 0 Å². The first-order valence-electron chi connectivity index (χ1n) is 24.9. The Morgan fingerprint density at radius 1 is 0.342 bits per heavy atom. The molecule has 2 aromatic heterocycles. The maximum atomic E-state index is 15.4. The van der Waals surface area contributed by atoms with Gasteiger partial charge in [0.1, 0.15) is 0 Å². The van der Waals surface area contributed by atoms with Crippen LogP contribution in [0.1, 0.15) is 38.9 Å². The van der Waals surface area contributed by atoms with Crippen LogP contribution in [0.25, 0.3) is 111 Å². The van der Waals surface area contributed by atoms with E-state index in [4.69, 9.17) is 0 Å². The molecule has 0 N–H and O–H groups in total. The number of aromatic nitrogens is 2. The molecule has 370 valence electrons. The molecule has 0 saturated heterocycles. The van der Waals surface area contributed by atoms with Crippen molar-refractivity contribution < 1.29 is 26.3 Å². The first kappa shape index (κ1) is 47.8. The van der Waals surface area contributed by atoms with Gasteiger partial charge in [0.25, 0.3) is 0 Å². The van der Waals surface area contributed by atoms with Gasteiger partial charge in [0.15, 0.2) is 0 Å². The maximum Gasteiger partial charge on any atom is 0.417 e. The average Bonchev–Trinajstić information content (AvgIpc) is 4.09. The monoisotopic (exact) mass is 1010 g/mol. The lowest BCUT2D eigenvalue weighted by Crippen LogP contribution is -2.15. The SMILES string of the molecule is Cc1ccccc1-c1ccc2c3ccc(-c4ccccc4C)cc3n(-c3cc(C#N)c(-c4c(C(F)(F)F)cccc4C(F)(F)F)cc3-n3c4cc(-c5ccccc5C)ccc4c4ccc(-c5ccccc5C)cc43)c2c1. The van der Waals surface area contributed by atoms with Crippen molar-refractivity contribution in [1.29, 1.82) is 5.26 Å². The van der Waals surface area contributed by atoms with Crippen LogP contribution >= 0.6 is 0 Å². The smallest absolute Gasteiger partial charge is 0.307 e. The fourth-order valence-electron chi connectivity index (χ4n) is 11.4. The molecule has 12 aromatic rings. The minimum Gasteiger partial charge on any atom is -0.307 e. The predicted molar refractivity (Wildman–Crippen MR) is 296 cm³/mol. The van der Waals surface area contributed by atoms with Gasteiger partial charge in [0.2, 0.25) is 0 Å². The van der Waals surface area contributed by atoms with Crippen molar-refractivity contribution in [2.45, 2.75) is 40.0 Å². The number of hydrogen-bond acceptors (Lipinski definition) is 1. The van der Waals surface area contributed by atoms with E-state index in [-0.39, 0.29) is 11.3 Å². The molecule has 0 atom stereocenters. The highest BCUT2D eigenvalue weighted by Crippen LogP contribution is 2.49. The summed E-state index contributed by atoms with van der Waals surface area (Å²) in [4.78, 5) is 0. The third kappa shape index (κ3) is 7.91. The van der Waals surface area contributed by atoms with E-state index in [1.807, 2.05) is 170 Å². The van der Waals surface area contributed by atoms with Crippen LogP contribution in [0.15, 0.2) is 200 Å². The molecule has 0 saturated carbocycles. The summed E-state index contributed by atoms with van der Waals surface area (Å²) < 4.78 is 96.4. The molecule has 3 nitrogen and oxygen atoms in total. The van der Waals surface area contributed by atoms with Crippen molar-refractivity contribution in [3.8, 4) is 73.1 Å². The zero-order valence-corrected chi connectivity index (χ0v) is 41.7. The van der Waals surface area contributed by atoms with Crippen LogP contribution in [0, 0.1) is 39.0 Å². The molecule has 0 fully saturated rings. The Kier molecular flexibility index (Phi) is 11.4. The second-order valence-electron chi connectivity index (χ2n) is 19.6. The van der Waals surface area contributed by atoms with Gasteiger partial charge in [-0.15, -0.1) is 0 Å². The molecule has 0 aliphatic rings. The standard InChI is InChI=1S/C67H45F6N3/c1-39-14-5-9-18-48(39)43-24-28-52-53-29-25-44(49-19-10-6-15-40(49)2)33-60(53)75(59(52)32-43)63-36-47(38-74)56(65-57(66(68,69)70)22-13-23-58(65)67(71,72)73)37-64(63)76-61-34-45(50-20-11-7-16-41(50)3)26-30-54(61)55-31-27-46(35-62(55)76)51-21-12-8-17-42(51)4/h5-37H,1-4H3. The summed E-state index contributed by atoms with van der Waals surface area (Å²) in [7, 11) is 0. The van der Waals surface area contributed by atoms with Gasteiger partial charge in [-0.05, 0) is 143 Å². The summed E-state index contributed by atoms with van der Waals surface area (Å²) >= 11 is 0. The van der Waals surface area contributed by atoms with Crippen molar-refractivity contribution in [3.05, 3.63) is 239 Å². The fraction of sp³-hybridized carbons (Fsp3) is 0.0896. The third-order valence-corrected chi connectivity index (χ3v) is 15.0. The second kappa shape index (κ2) is 18.1. The van der Waals surface area contributed by atoms with Crippen molar-refractivity contribution in [3.63, 3.8) is 0 Å². The van der Waals surface area contributed by atoms with E-state index in [2.05, 4.69) is 42.5 Å². The van der Waals surface area contributed by atoms with Crippen molar-refractivity contribution in [2.75, 3.05) is 0 Å². The molecule has 0 radical (unpaired) electrons. The van der Waals surface area contributed by atoms with Crippen LogP contribution < -0.4 is 0 Å². The van der Waals surface area contributed by atoms with E-state index in [1.54, 1.807) is 0 Å². The molecule has 10 aromatic carbocycles. The van der Waals surface area contributed by atoms with E-state index in [9.17, 15) is 5.26 Å². The Morgan fingerprint density at radius 3 is 0.934 bits per heavy atom. The van der Waals surface area contributed by atoms with Crippen LogP contribution in [0.3, 0.4) is 0 Å². The van der Waals surface area contributed by atoms with Crippen LogP contribution in [-0.4, -0.2) is 9.13 Å². The summed E-state index contributed by atoms with van der Waals surface area (Å²) in [6, 6.07) is 63.6. The Balaban J connectivity index is 1.31. The van der Waals surface area contributed by atoms with Gasteiger partial charge in [0, 0.05) is 32.7 Å². The number of nitrogens with zero attached hydrogens (tertiary/aromatic N) is 3. The fourth-order valence-corrected chi connectivity index (χ4v) is 11.4. The molecular formula is C67H45F6N3. The normalized spacial score (nSPS) is 12.1. The van der Waals surface area contributed by atoms with E-state index in [1.165, 1.54) is 12.1 Å². The molecule has 12 rings (SSSR count). The van der Waals surface area contributed by atoms with Gasteiger partial charge >= 0.3 is 12.4 Å². The summed E-state index contributed by atoms with van der Waals surface area (Å²) in [6.07, 6.45) is -10.5. The molecule has 0 spiro atoms. The molecule has 2 heterocycles. The number of aryl methyl sites for hydroxylation is 4. The largest absolute Gasteiger partial charge is 0.417 e. The Morgan fingerprint density at radius 2 is 0.645 bits per heavy atom. The van der Waals surface area contributed by atoms with Gasteiger partial charge in [-0.25, -0.2) is 0 Å². The maximum absolute atomic E-state index is 15.4. The highest BCUT2D eigenvalue weighted by Gasteiger charge is 2.42. The van der Waals surface area contributed by atoms with Crippen molar-refractivity contribution in [1.82, 2.24) is 9.13 Å². The Hall–Kier alpha value is -9.13. The van der Waals surface area contributed by atoms with E-state index in [0.29, 0.717) is 39.9 Å². The molecule has 9 heteroatoms. The lowest BCUT2D eigenvalue weighted by atomic mass is 9.89. The topological polar surface area (TPSA) is 33.6 Å². The number of hydrogen-bond donors (Lipinski definition) is 0. The molecule has 0 amide bonds. The van der Waals surface area contributed by atoms with Gasteiger partial charge < -0.3 is 9.13 Å². The van der Waals surface area contributed by atoms with Gasteiger partial charge in [-0.3, -0.25) is 0 Å². The number of halogens is 6. The van der Waals surface area contributed by atoms with Crippen molar-refractivity contribution >= 4 is 43.6 Å². The zero-order valence-electron chi connectivity index (χ0n) is 41.7. The summed E-state index contributed by atoms with van der Waals surface area (Å²) in [5.74, 6) is 0. The molecule has 0 aliphatic carbocycles. The highest BCUT2D eigenvalue weighted by molar-refractivity contribution is 6.14. The highest BCUT2D eigenvalue weighted by atomic mass is 19.4. The lowest BCUT2D eigenvalue weighted by molar-refractivity contribution is -0.142. The Bertz CT molecular complexity index is 4150. The number of fused-ring (bicyclic) bond motifs is 6. The summed E-state index contributed by atoms with van der Waals surface area (Å²) in [5, 5.41) is 14.6. The number of benzene rings is 10. The minimum atomic E-state index is -5.23. The van der Waals surface area contributed by atoms with Gasteiger partial charge in [-0.2, -0.15) is 31.6 Å². The summed E-state index contributed by atoms with van der Waals surface area (Å²) in [5.41, 5.74) is 9.76. The minimum absolute atomic E-state index is 0.254. The average molecular weight is 1010 g/mol. The Labute approximate surface area is 434 Å². The zero-order chi connectivity index (χ0) is 52.8. The van der Waals surface area contributed by atoms with E-state index in [0.717, 1.165) is 94.4 Å². The van der Waals surface area contributed by atoms with Crippen LogP contribution in [0.4, 0.5) is 26.3 Å². The lowest BCUT2D eigenvalue weighted by Gasteiger charge is -2.23. The molecule has 0 bridgehead atoms. The number of rotatable bonds is 7. The second-order valence-corrected chi connectivity index (χ2v) is 19.6. The summed E-state index contributed by atoms with van der Waals surface area (Å²) in [6.45, 7) is 8.10. The van der Waals surface area contributed by atoms with E-state index >= 15 is 26.3 Å². The van der Waals surface area contributed by atoms with E-state index < -0.39 is 34.6 Å². The number of nitriles is 1. The third-order valence-electron chi connectivity index (χ3n) is 15.0. The first-order valence-corrected chi connectivity index (χ1v) is 24.9. The van der Waals surface area contributed by atoms with Crippen LogP contribution in [-0.2, 0) is 12.4 Å². The van der Waals surface area contributed by atoms with Gasteiger partial charge in [-0.1, -0.05) is 152 Å². The molecule has 0 unspecified atom stereocenters. The molecule has 0 aliphatic heterocycles. The molecule has 76 heavy (non-hydrogen) atoms. The van der Waals surface area contributed by atoms with Crippen LogP contribution in [0.5, 0.6) is 0 Å².